The van der Waals surface area contributed by atoms with Crippen molar-refractivity contribution in [3.8, 4) is 5.75 Å². The lowest BCUT2D eigenvalue weighted by molar-refractivity contribution is -0.274. The summed E-state index contributed by atoms with van der Waals surface area (Å²) in [5.41, 5.74) is 3.81. The van der Waals surface area contributed by atoms with Gasteiger partial charge in [-0.05, 0) is 31.0 Å². The van der Waals surface area contributed by atoms with Crippen molar-refractivity contribution in [2.45, 2.75) is 19.7 Å². The zero-order valence-corrected chi connectivity index (χ0v) is 14.5. The maximum Gasteiger partial charge on any atom is 0.573 e. The van der Waals surface area contributed by atoms with Crippen LogP contribution in [0.1, 0.15) is 11.1 Å². The first kappa shape index (κ1) is 17.0. The number of aromatic nitrogens is 1. The second-order valence-electron chi connectivity index (χ2n) is 6.12. The molecule has 0 amide bonds. The fourth-order valence-electron chi connectivity index (χ4n) is 3.43. The third-order valence-electron chi connectivity index (χ3n) is 4.49. The molecule has 0 bridgehead atoms. The molecule has 0 fully saturated rings. The Morgan fingerprint density at radius 1 is 1.12 bits per heavy atom. The minimum Gasteiger partial charge on any atom is -0.403 e. The second-order valence-corrected chi connectivity index (χ2v) is 6.48. The van der Waals surface area contributed by atoms with E-state index in [1.165, 1.54) is 12.1 Å². The van der Waals surface area contributed by atoms with Crippen molar-refractivity contribution in [1.29, 1.82) is 0 Å². The lowest BCUT2D eigenvalue weighted by Crippen LogP contribution is -2.18. The second kappa shape index (κ2) is 6.06. The number of halogens is 4. The smallest absolute Gasteiger partial charge is 0.403 e. The Morgan fingerprint density at radius 3 is 2.62 bits per heavy atom. The van der Waals surface area contributed by atoms with Gasteiger partial charge in [-0.3, -0.25) is 0 Å². The molecule has 0 atom stereocenters. The number of anilines is 2. The molecule has 0 saturated carbocycles. The Kier molecular flexibility index (Phi) is 3.95. The van der Waals surface area contributed by atoms with Crippen LogP contribution < -0.4 is 9.64 Å². The molecular formula is C19H14ClF3N2O. The van der Waals surface area contributed by atoms with Crippen LogP contribution in [-0.4, -0.2) is 17.9 Å². The van der Waals surface area contributed by atoms with Gasteiger partial charge in [0.2, 0.25) is 0 Å². The van der Waals surface area contributed by atoms with Gasteiger partial charge < -0.3 is 9.64 Å². The summed E-state index contributed by atoms with van der Waals surface area (Å²) in [4.78, 5) is 6.28. The monoisotopic (exact) mass is 378 g/mol. The van der Waals surface area contributed by atoms with Crippen molar-refractivity contribution in [2.24, 2.45) is 0 Å². The summed E-state index contributed by atoms with van der Waals surface area (Å²) in [6.07, 6.45) is -4.12. The van der Waals surface area contributed by atoms with Crippen LogP contribution in [0, 0.1) is 6.92 Å². The normalized spacial score (nSPS) is 14.0. The number of para-hydroxylation sites is 2. The highest BCUT2D eigenvalue weighted by Gasteiger charge is 2.33. The number of fused-ring (bicyclic) bond motifs is 3. The molecular weight excluding hydrogens is 365 g/mol. The standard InChI is InChI=1S/C19H14ClF3N2O/c1-11-5-2-3-7-14(11)25-10-9-13-17(25)12-6-4-8-15(26-19(21,22)23)16(12)24-18(13)20/h2-8H,9-10H2,1H3. The molecule has 1 aliphatic heterocycles. The van der Waals surface area contributed by atoms with Crippen LogP contribution in [0.25, 0.3) is 10.9 Å². The first-order valence-corrected chi connectivity index (χ1v) is 8.43. The Bertz CT molecular complexity index is 1000. The number of aryl methyl sites for hydroxylation is 1. The van der Waals surface area contributed by atoms with Crippen LogP contribution in [0.15, 0.2) is 42.5 Å². The average molecular weight is 379 g/mol. The van der Waals surface area contributed by atoms with E-state index in [1.54, 1.807) is 6.07 Å². The molecule has 3 nitrogen and oxygen atoms in total. The number of benzene rings is 2. The van der Waals surface area contributed by atoms with E-state index < -0.39 is 6.36 Å². The molecule has 26 heavy (non-hydrogen) atoms. The molecule has 1 aliphatic rings. The van der Waals surface area contributed by atoms with Gasteiger partial charge in [0, 0.05) is 23.2 Å². The molecule has 2 heterocycles. The van der Waals surface area contributed by atoms with Crippen molar-refractivity contribution >= 4 is 33.9 Å². The third-order valence-corrected chi connectivity index (χ3v) is 4.80. The van der Waals surface area contributed by atoms with E-state index in [0.717, 1.165) is 22.5 Å². The van der Waals surface area contributed by atoms with E-state index in [9.17, 15) is 13.2 Å². The van der Waals surface area contributed by atoms with Crippen LogP contribution in [0.5, 0.6) is 5.75 Å². The van der Waals surface area contributed by atoms with Crippen molar-refractivity contribution in [3.63, 3.8) is 0 Å². The van der Waals surface area contributed by atoms with E-state index in [0.29, 0.717) is 18.4 Å². The summed E-state index contributed by atoms with van der Waals surface area (Å²) in [6, 6.07) is 12.4. The summed E-state index contributed by atoms with van der Waals surface area (Å²) in [5.74, 6) is -0.351. The number of hydrogen-bond donors (Lipinski definition) is 0. The molecule has 1 aromatic heterocycles. The van der Waals surface area contributed by atoms with Gasteiger partial charge in [0.25, 0.3) is 0 Å². The van der Waals surface area contributed by atoms with Crippen molar-refractivity contribution < 1.29 is 17.9 Å². The predicted molar refractivity (Wildman–Crippen MR) is 95.3 cm³/mol. The number of rotatable bonds is 2. The zero-order valence-electron chi connectivity index (χ0n) is 13.8. The average Bonchev–Trinajstić information content (AvgIpc) is 3.01. The maximum atomic E-state index is 12.7. The fourth-order valence-corrected chi connectivity index (χ4v) is 3.70. The van der Waals surface area contributed by atoms with Gasteiger partial charge in [-0.1, -0.05) is 41.9 Å². The summed E-state index contributed by atoms with van der Waals surface area (Å²) >= 11 is 6.31. The molecule has 0 saturated heterocycles. The molecule has 134 valence electrons. The molecule has 3 aromatic rings. The lowest BCUT2D eigenvalue weighted by Gasteiger charge is -2.23. The zero-order chi connectivity index (χ0) is 18.5. The molecule has 0 spiro atoms. The number of ether oxygens (including phenoxy) is 1. The van der Waals surface area contributed by atoms with Gasteiger partial charge in [-0.2, -0.15) is 0 Å². The minimum atomic E-state index is -4.79. The Balaban J connectivity index is 1.95. The highest BCUT2D eigenvalue weighted by Crippen LogP contribution is 2.45. The summed E-state index contributed by atoms with van der Waals surface area (Å²) in [7, 11) is 0. The Morgan fingerprint density at radius 2 is 1.88 bits per heavy atom. The summed E-state index contributed by atoms with van der Waals surface area (Å²) in [5, 5.41) is 0.800. The molecule has 2 aromatic carbocycles. The van der Waals surface area contributed by atoms with Crippen molar-refractivity contribution in [1.82, 2.24) is 4.98 Å². The Hall–Kier alpha value is -2.47. The van der Waals surface area contributed by atoms with E-state index >= 15 is 0 Å². The highest BCUT2D eigenvalue weighted by atomic mass is 35.5. The topological polar surface area (TPSA) is 25.4 Å². The third kappa shape index (κ3) is 2.84. The van der Waals surface area contributed by atoms with E-state index in [2.05, 4.69) is 14.6 Å². The molecule has 4 rings (SSSR count). The predicted octanol–water partition coefficient (Wildman–Crippen LogP) is 5.79. The van der Waals surface area contributed by atoms with Crippen LogP contribution in [0.2, 0.25) is 5.15 Å². The summed E-state index contributed by atoms with van der Waals surface area (Å²) < 4.78 is 42.4. The lowest BCUT2D eigenvalue weighted by atomic mass is 10.1. The summed E-state index contributed by atoms with van der Waals surface area (Å²) in [6.45, 7) is 2.68. The van der Waals surface area contributed by atoms with Crippen LogP contribution in [0.3, 0.4) is 0 Å². The van der Waals surface area contributed by atoms with Crippen LogP contribution in [-0.2, 0) is 6.42 Å². The largest absolute Gasteiger partial charge is 0.573 e. The molecule has 0 N–H and O–H groups in total. The number of pyridine rings is 1. The van der Waals surface area contributed by atoms with E-state index in [4.69, 9.17) is 11.6 Å². The van der Waals surface area contributed by atoms with Gasteiger partial charge in [0.1, 0.15) is 10.7 Å². The molecule has 0 unspecified atom stereocenters. The number of hydrogen-bond acceptors (Lipinski definition) is 3. The van der Waals surface area contributed by atoms with Gasteiger partial charge in [-0.25, -0.2) is 4.98 Å². The van der Waals surface area contributed by atoms with Crippen molar-refractivity contribution in [3.05, 3.63) is 58.7 Å². The van der Waals surface area contributed by atoms with Gasteiger partial charge >= 0.3 is 6.36 Å². The van der Waals surface area contributed by atoms with Gasteiger partial charge in [0.15, 0.2) is 5.75 Å². The quantitative estimate of drug-likeness (QED) is 0.528. The maximum absolute atomic E-state index is 12.7. The number of alkyl halides is 3. The molecule has 0 aliphatic carbocycles. The van der Waals surface area contributed by atoms with Gasteiger partial charge in [-0.15, -0.1) is 13.2 Å². The van der Waals surface area contributed by atoms with Crippen LogP contribution >= 0.6 is 11.6 Å². The van der Waals surface area contributed by atoms with E-state index in [-0.39, 0.29) is 16.4 Å². The number of nitrogens with zero attached hydrogens (tertiary/aromatic N) is 2. The first-order valence-electron chi connectivity index (χ1n) is 8.05. The SMILES string of the molecule is Cc1ccccc1N1CCc2c(Cl)nc3c(OC(F)(F)F)cccc3c21. The van der Waals surface area contributed by atoms with Crippen molar-refractivity contribution in [2.75, 3.05) is 11.4 Å². The first-order chi connectivity index (χ1) is 12.3. The molecule has 0 radical (unpaired) electrons. The minimum absolute atomic E-state index is 0.106. The fraction of sp³-hybridized carbons (Fsp3) is 0.211. The van der Waals surface area contributed by atoms with Crippen LogP contribution in [0.4, 0.5) is 24.5 Å². The van der Waals surface area contributed by atoms with E-state index in [1.807, 2.05) is 31.2 Å². The Labute approximate surface area is 153 Å². The van der Waals surface area contributed by atoms with Gasteiger partial charge in [0.05, 0.1) is 5.69 Å². The highest BCUT2D eigenvalue weighted by molar-refractivity contribution is 6.31. The molecule has 7 heteroatoms.